The molecule has 28 heavy (non-hydrogen) atoms. The first-order valence-corrected chi connectivity index (χ1v) is 9.05. The van der Waals surface area contributed by atoms with Crippen LogP contribution in [0.1, 0.15) is 21.9 Å². The maximum Gasteiger partial charge on any atom is 0.268 e. The number of hydrogen-bond acceptors (Lipinski definition) is 3. The molecule has 0 spiro atoms. The van der Waals surface area contributed by atoms with Gasteiger partial charge in [0.05, 0.1) is 6.54 Å². The molecule has 0 aliphatic carbocycles. The first-order valence-electron chi connectivity index (χ1n) is 9.05. The zero-order chi connectivity index (χ0) is 19.5. The zero-order valence-corrected chi connectivity index (χ0v) is 15.5. The van der Waals surface area contributed by atoms with Crippen molar-refractivity contribution in [1.29, 1.82) is 0 Å². The van der Waals surface area contributed by atoms with Gasteiger partial charge in [-0.05, 0) is 36.2 Å². The number of fused-ring (bicyclic) bond motifs is 1. The number of amides is 1. The number of carbonyl (C=O) groups is 1. The Morgan fingerprint density at radius 1 is 1.14 bits per heavy atom. The van der Waals surface area contributed by atoms with Crippen LogP contribution in [0.4, 0.5) is 4.39 Å². The van der Waals surface area contributed by atoms with E-state index in [1.807, 2.05) is 22.8 Å². The van der Waals surface area contributed by atoms with E-state index in [0.29, 0.717) is 16.9 Å². The largest absolute Gasteiger partial charge is 0.343 e. The molecular formula is C21H20FN5O. The minimum absolute atomic E-state index is 0.239. The van der Waals surface area contributed by atoms with Gasteiger partial charge in [0.1, 0.15) is 17.8 Å². The molecule has 0 atom stereocenters. The van der Waals surface area contributed by atoms with Crippen LogP contribution in [0.3, 0.4) is 0 Å². The van der Waals surface area contributed by atoms with E-state index in [2.05, 4.69) is 27.6 Å². The van der Waals surface area contributed by atoms with Crippen LogP contribution in [0.15, 0.2) is 60.9 Å². The zero-order valence-electron chi connectivity index (χ0n) is 15.5. The third-order valence-electron chi connectivity index (χ3n) is 4.82. The van der Waals surface area contributed by atoms with Gasteiger partial charge in [-0.1, -0.05) is 30.3 Å². The molecule has 1 amide bonds. The van der Waals surface area contributed by atoms with Crippen LogP contribution < -0.4 is 5.32 Å². The summed E-state index contributed by atoms with van der Waals surface area (Å²) in [5.74, 6) is 0.127. The molecule has 0 saturated heterocycles. The van der Waals surface area contributed by atoms with E-state index < -0.39 is 0 Å². The van der Waals surface area contributed by atoms with Crippen molar-refractivity contribution in [1.82, 2.24) is 24.6 Å². The molecule has 4 aromatic rings. The maximum atomic E-state index is 13.4. The number of aromatic nitrogens is 4. The van der Waals surface area contributed by atoms with Crippen LogP contribution in [0.2, 0.25) is 0 Å². The Morgan fingerprint density at radius 3 is 2.79 bits per heavy atom. The van der Waals surface area contributed by atoms with Crippen molar-refractivity contribution >= 4 is 16.8 Å². The molecule has 142 valence electrons. The fourth-order valence-electron chi connectivity index (χ4n) is 3.28. The van der Waals surface area contributed by atoms with Gasteiger partial charge in [0, 0.05) is 24.5 Å². The molecule has 0 radical (unpaired) electrons. The molecule has 0 bridgehead atoms. The predicted octanol–water partition coefficient (Wildman–Crippen LogP) is 3.08. The summed E-state index contributed by atoms with van der Waals surface area (Å²) in [7, 11) is 1.79. The molecule has 2 aromatic carbocycles. The predicted molar refractivity (Wildman–Crippen MR) is 104 cm³/mol. The number of nitrogens with one attached hydrogen (secondary N) is 1. The Bertz CT molecular complexity index is 1120. The van der Waals surface area contributed by atoms with E-state index in [1.165, 1.54) is 17.7 Å². The van der Waals surface area contributed by atoms with Gasteiger partial charge in [0.2, 0.25) is 0 Å². The van der Waals surface area contributed by atoms with E-state index in [1.54, 1.807) is 30.1 Å². The summed E-state index contributed by atoms with van der Waals surface area (Å²) in [5, 5.41) is 11.6. The minimum Gasteiger partial charge on any atom is -0.343 e. The Hall–Kier alpha value is -3.48. The molecule has 0 aliphatic rings. The summed E-state index contributed by atoms with van der Waals surface area (Å²) >= 11 is 0. The van der Waals surface area contributed by atoms with Crippen LogP contribution in [-0.4, -0.2) is 25.2 Å². The lowest BCUT2D eigenvalue weighted by atomic mass is 10.1. The Balaban J connectivity index is 1.43. The molecule has 6 nitrogen and oxygen atoms in total. The highest BCUT2D eigenvalue weighted by Crippen LogP contribution is 2.19. The van der Waals surface area contributed by atoms with Crippen LogP contribution in [0.25, 0.3) is 10.9 Å². The van der Waals surface area contributed by atoms with E-state index in [4.69, 9.17) is 0 Å². The van der Waals surface area contributed by atoms with Crippen molar-refractivity contribution in [2.75, 3.05) is 0 Å². The van der Waals surface area contributed by atoms with Gasteiger partial charge in [-0.3, -0.25) is 4.79 Å². The van der Waals surface area contributed by atoms with Gasteiger partial charge in [-0.25, -0.2) is 4.39 Å². The van der Waals surface area contributed by atoms with E-state index in [9.17, 15) is 9.18 Å². The van der Waals surface area contributed by atoms with Gasteiger partial charge in [0.25, 0.3) is 5.91 Å². The number of carbonyl (C=O) groups excluding carboxylic acids is 1. The molecular weight excluding hydrogens is 357 g/mol. The standard InChI is InChI=1S/C21H20FN5O/c1-26-18-8-7-17(22)11-16(18)12-19(26)21(28)23-13-20-25-24-14-27(20)10-9-15-5-3-2-4-6-15/h2-8,11-12,14H,9-10,13H2,1H3,(H,23,28). The van der Waals surface area contributed by atoms with Gasteiger partial charge in [0.15, 0.2) is 5.82 Å². The topological polar surface area (TPSA) is 64.7 Å². The summed E-state index contributed by atoms with van der Waals surface area (Å²) in [6.07, 6.45) is 2.53. The molecule has 0 aliphatic heterocycles. The fraction of sp³-hybridized carbons (Fsp3) is 0.190. The lowest BCUT2D eigenvalue weighted by Crippen LogP contribution is -2.26. The van der Waals surface area contributed by atoms with Gasteiger partial charge in [-0.2, -0.15) is 0 Å². The summed E-state index contributed by atoms with van der Waals surface area (Å²) in [4.78, 5) is 12.6. The fourth-order valence-corrected chi connectivity index (χ4v) is 3.28. The van der Waals surface area contributed by atoms with Crippen molar-refractivity contribution in [3.8, 4) is 0 Å². The second-order valence-corrected chi connectivity index (χ2v) is 6.65. The van der Waals surface area contributed by atoms with Crippen molar-refractivity contribution < 1.29 is 9.18 Å². The summed E-state index contributed by atoms with van der Waals surface area (Å²) in [5.41, 5.74) is 2.50. The van der Waals surface area contributed by atoms with Crippen molar-refractivity contribution in [2.45, 2.75) is 19.5 Å². The second-order valence-electron chi connectivity index (χ2n) is 6.65. The highest BCUT2D eigenvalue weighted by Gasteiger charge is 2.15. The van der Waals surface area contributed by atoms with E-state index in [-0.39, 0.29) is 18.3 Å². The lowest BCUT2D eigenvalue weighted by Gasteiger charge is -2.09. The average molecular weight is 377 g/mol. The quantitative estimate of drug-likeness (QED) is 0.562. The molecule has 0 saturated carbocycles. The van der Waals surface area contributed by atoms with Crippen molar-refractivity contribution in [3.05, 3.63) is 83.8 Å². The SMILES string of the molecule is Cn1c(C(=O)NCc2nncn2CCc2ccccc2)cc2cc(F)ccc21. The molecule has 4 rings (SSSR count). The molecule has 2 aromatic heterocycles. The Labute approximate surface area is 161 Å². The average Bonchev–Trinajstić information content (AvgIpc) is 3.29. The summed E-state index contributed by atoms with van der Waals surface area (Å²) in [6, 6.07) is 16.3. The van der Waals surface area contributed by atoms with Crippen LogP contribution in [0, 0.1) is 5.82 Å². The normalized spacial score (nSPS) is 11.1. The Morgan fingerprint density at radius 2 is 1.96 bits per heavy atom. The monoisotopic (exact) mass is 377 g/mol. The summed E-state index contributed by atoms with van der Waals surface area (Å²) in [6.45, 7) is 0.999. The van der Waals surface area contributed by atoms with Crippen LogP contribution in [-0.2, 0) is 26.6 Å². The van der Waals surface area contributed by atoms with Crippen molar-refractivity contribution in [2.24, 2.45) is 7.05 Å². The first-order chi connectivity index (χ1) is 13.6. The van der Waals surface area contributed by atoms with Crippen molar-refractivity contribution in [3.63, 3.8) is 0 Å². The number of aryl methyl sites for hydroxylation is 3. The van der Waals surface area contributed by atoms with Crippen LogP contribution >= 0.6 is 0 Å². The Kier molecular flexibility index (Phi) is 4.89. The lowest BCUT2D eigenvalue weighted by molar-refractivity contribution is 0.0941. The first kappa shape index (κ1) is 17.9. The number of benzene rings is 2. The molecule has 7 heteroatoms. The molecule has 0 unspecified atom stereocenters. The van der Waals surface area contributed by atoms with E-state index >= 15 is 0 Å². The number of rotatable bonds is 6. The molecule has 2 heterocycles. The smallest absolute Gasteiger partial charge is 0.268 e. The third-order valence-corrected chi connectivity index (χ3v) is 4.82. The van der Waals surface area contributed by atoms with E-state index in [0.717, 1.165) is 18.5 Å². The minimum atomic E-state index is -0.323. The second kappa shape index (κ2) is 7.64. The third kappa shape index (κ3) is 3.64. The molecule has 0 fully saturated rings. The highest BCUT2D eigenvalue weighted by atomic mass is 19.1. The van der Waals surface area contributed by atoms with Gasteiger partial charge >= 0.3 is 0 Å². The highest BCUT2D eigenvalue weighted by molar-refractivity contribution is 5.98. The number of nitrogens with zero attached hydrogens (tertiary/aromatic N) is 4. The summed E-state index contributed by atoms with van der Waals surface area (Å²) < 4.78 is 17.1. The molecule has 1 N–H and O–H groups in total. The maximum absolute atomic E-state index is 13.4. The van der Waals surface area contributed by atoms with Crippen LogP contribution in [0.5, 0.6) is 0 Å². The number of hydrogen-bond donors (Lipinski definition) is 1. The number of halogens is 1. The van der Waals surface area contributed by atoms with Gasteiger partial charge in [-0.15, -0.1) is 10.2 Å². The van der Waals surface area contributed by atoms with Gasteiger partial charge < -0.3 is 14.5 Å².